The van der Waals surface area contributed by atoms with Gasteiger partial charge in [0.1, 0.15) is 0 Å². The highest BCUT2D eigenvalue weighted by Crippen LogP contribution is 2.18. The number of anilines is 1. The second-order valence-corrected chi connectivity index (χ2v) is 7.56. The zero-order valence-electron chi connectivity index (χ0n) is 11.9. The Kier molecular flexibility index (Phi) is 3.86. The van der Waals surface area contributed by atoms with Crippen LogP contribution in [0.3, 0.4) is 0 Å². The van der Waals surface area contributed by atoms with E-state index in [2.05, 4.69) is 14.9 Å². The summed E-state index contributed by atoms with van der Waals surface area (Å²) in [5.74, 6) is 0.124. The minimum atomic E-state index is -3.36. The van der Waals surface area contributed by atoms with Crippen LogP contribution in [0.25, 0.3) is 11.0 Å². The topological polar surface area (TPSA) is 92.1 Å². The maximum Gasteiger partial charge on any atom is 0.226 e. The molecule has 0 aliphatic carbocycles. The molecule has 2 aromatic rings. The third-order valence-electron chi connectivity index (χ3n) is 3.86. The van der Waals surface area contributed by atoms with Crippen molar-refractivity contribution >= 4 is 26.6 Å². The van der Waals surface area contributed by atoms with Gasteiger partial charge in [0.05, 0.1) is 16.8 Å². The van der Waals surface area contributed by atoms with Crippen LogP contribution in [0.2, 0.25) is 0 Å². The van der Waals surface area contributed by atoms with Crippen molar-refractivity contribution in [2.24, 2.45) is 0 Å². The lowest BCUT2D eigenvalue weighted by molar-refractivity contribution is 0.340. The molecule has 6 nitrogen and oxygen atoms in total. The Morgan fingerprint density at radius 3 is 2.81 bits per heavy atom. The molecule has 0 radical (unpaired) electrons. The number of hydrogen-bond donors (Lipinski definition) is 2. The summed E-state index contributed by atoms with van der Waals surface area (Å²) in [5.41, 5.74) is 7.56. The molecule has 0 amide bonds. The lowest BCUT2D eigenvalue weighted by Crippen LogP contribution is -2.22. The van der Waals surface area contributed by atoms with Crippen molar-refractivity contribution in [3.05, 3.63) is 18.2 Å². The average Bonchev–Trinajstić information content (AvgIpc) is 3.06. The van der Waals surface area contributed by atoms with Crippen molar-refractivity contribution in [2.75, 3.05) is 31.1 Å². The molecule has 21 heavy (non-hydrogen) atoms. The van der Waals surface area contributed by atoms with Crippen LogP contribution in [-0.4, -0.2) is 48.7 Å². The van der Waals surface area contributed by atoms with Gasteiger partial charge in [0, 0.05) is 5.69 Å². The number of nitrogens with zero attached hydrogens (tertiary/aromatic N) is 2. The summed E-state index contributed by atoms with van der Waals surface area (Å²) in [6, 6.07) is 5.14. The monoisotopic (exact) mass is 308 g/mol. The zero-order valence-corrected chi connectivity index (χ0v) is 12.7. The molecule has 2 heterocycles. The molecule has 0 unspecified atom stereocenters. The fourth-order valence-electron chi connectivity index (χ4n) is 2.73. The highest BCUT2D eigenvalue weighted by molar-refractivity contribution is 7.91. The van der Waals surface area contributed by atoms with E-state index in [9.17, 15) is 8.42 Å². The fraction of sp³-hybridized carbons (Fsp3) is 0.500. The smallest absolute Gasteiger partial charge is 0.226 e. The second-order valence-electron chi connectivity index (χ2n) is 5.54. The maximum atomic E-state index is 12.3. The first kappa shape index (κ1) is 14.3. The molecule has 1 saturated heterocycles. The molecule has 3 N–H and O–H groups in total. The molecule has 0 saturated carbocycles. The molecule has 0 bridgehead atoms. The van der Waals surface area contributed by atoms with Crippen molar-refractivity contribution in [1.82, 2.24) is 14.9 Å². The Balaban J connectivity index is 1.70. The van der Waals surface area contributed by atoms with E-state index in [4.69, 9.17) is 5.73 Å². The normalized spacial score (nSPS) is 16.8. The van der Waals surface area contributed by atoms with Gasteiger partial charge in [-0.3, -0.25) is 0 Å². The molecule has 114 valence electrons. The molecular weight excluding hydrogens is 288 g/mol. The van der Waals surface area contributed by atoms with E-state index in [0.29, 0.717) is 23.1 Å². The number of nitrogens with two attached hydrogens (primary N) is 1. The highest BCUT2D eigenvalue weighted by atomic mass is 32.2. The SMILES string of the molecule is Nc1ccc2nc(S(=O)(=O)CCCN3CCCC3)[nH]c2c1. The standard InChI is InChI=1S/C14H20N4O2S/c15-11-4-5-12-13(10-11)17-14(16-12)21(19,20)9-3-8-18-6-1-2-7-18/h4-5,10H,1-3,6-9,15H2,(H,16,17). The van der Waals surface area contributed by atoms with Gasteiger partial charge < -0.3 is 15.6 Å². The molecule has 1 fully saturated rings. The summed E-state index contributed by atoms with van der Waals surface area (Å²) in [4.78, 5) is 9.34. The summed E-state index contributed by atoms with van der Waals surface area (Å²) < 4.78 is 24.6. The van der Waals surface area contributed by atoms with E-state index >= 15 is 0 Å². The van der Waals surface area contributed by atoms with Gasteiger partial charge in [0.15, 0.2) is 0 Å². The number of likely N-dealkylation sites (tertiary alicyclic amines) is 1. The number of aromatic amines is 1. The number of H-pyrrole nitrogens is 1. The van der Waals surface area contributed by atoms with Crippen molar-refractivity contribution in [2.45, 2.75) is 24.4 Å². The number of imidazole rings is 1. The van der Waals surface area contributed by atoms with Crippen LogP contribution in [0.15, 0.2) is 23.4 Å². The Labute approximate surface area is 124 Å². The summed E-state index contributed by atoms with van der Waals surface area (Å²) in [5, 5.41) is 0.0459. The quantitative estimate of drug-likeness (QED) is 0.815. The Hall–Kier alpha value is -1.60. The van der Waals surface area contributed by atoms with Gasteiger partial charge in [-0.05, 0) is 57.1 Å². The van der Waals surface area contributed by atoms with Gasteiger partial charge in [-0.2, -0.15) is 0 Å². The summed E-state index contributed by atoms with van der Waals surface area (Å²) in [6.07, 6.45) is 3.08. The first-order valence-corrected chi connectivity index (χ1v) is 8.90. The highest BCUT2D eigenvalue weighted by Gasteiger charge is 2.20. The van der Waals surface area contributed by atoms with E-state index < -0.39 is 9.84 Å². The molecule has 0 spiro atoms. The van der Waals surface area contributed by atoms with Crippen molar-refractivity contribution in [1.29, 1.82) is 0 Å². The van der Waals surface area contributed by atoms with Crippen molar-refractivity contribution in [3.8, 4) is 0 Å². The van der Waals surface area contributed by atoms with Gasteiger partial charge in [-0.15, -0.1) is 0 Å². The molecular formula is C14H20N4O2S. The minimum Gasteiger partial charge on any atom is -0.399 e. The van der Waals surface area contributed by atoms with Gasteiger partial charge >= 0.3 is 0 Å². The van der Waals surface area contributed by atoms with Crippen molar-refractivity contribution in [3.63, 3.8) is 0 Å². The van der Waals surface area contributed by atoms with Gasteiger partial charge in [0.2, 0.25) is 15.0 Å². The summed E-state index contributed by atoms with van der Waals surface area (Å²) >= 11 is 0. The van der Waals surface area contributed by atoms with Crippen LogP contribution >= 0.6 is 0 Å². The van der Waals surface area contributed by atoms with Crippen molar-refractivity contribution < 1.29 is 8.42 Å². The van der Waals surface area contributed by atoms with Crippen LogP contribution in [0, 0.1) is 0 Å². The number of hydrogen-bond acceptors (Lipinski definition) is 5. The Morgan fingerprint density at radius 2 is 2.05 bits per heavy atom. The average molecular weight is 308 g/mol. The zero-order chi connectivity index (χ0) is 14.9. The van der Waals surface area contributed by atoms with Crippen LogP contribution < -0.4 is 5.73 Å². The molecule has 1 aromatic carbocycles. The number of benzene rings is 1. The van der Waals surface area contributed by atoms with Crippen LogP contribution in [0.5, 0.6) is 0 Å². The van der Waals surface area contributed by atoms with Gasteiger partial charge in [-0.1, -0.05) is 0 Å². The van der Waals surface area contributed by atoms with E-state index in [1.54, 1.807) is 18.2 Å². The van der Waals surface area contributed by atoms with Crippen LogP contribution in [0.4, 0.5) is 5.69 Å². The number of nitrogens with one attached hydrogen (secondary N) is 1. The van der Waals surface area contributed by atoms with E-state index in [1.807, 2.05) is 0 Å². The number of aromatic nitrogens is 2. The molecule has 1 aliphatic heterocycles. The lowest BCUT2D eigenvalue weighted by Gasteiger charge is -2.13. The third kappa shape index (κ3) is 3.19. The molecule has 0 atom stereocenters. The number of rotatable bonds is 5. The number of sulfone groups is 1. The van der Waals surface area contributed by atoms with E-state index in [1.165, 1.54) is 12.8 Å². The first-order chi connectivity index (χ1) is 10.0. The molecule has 3 rings (SSSR count). The van der Waals surface area contributed by atoms with E-state index in [0.717, 1.165) is 19.6 Å². The van der Waals surface area contributed by atoms with E-state index in [-0.39, 0.29) is 10.9 Å². The predicted molar refractivity (Wildman–Crippen MR) is 82.8 cm³/mol. The molecule has 1 aliphatic rings. The van der Waals surface area contributed by atoms with Crippen LogP contribution in [0.1, 0.15) is 19.3 Å². The van der Waals surface area contributed by atoms with Gasteiger partial charge in [-0.25, -0.2) is 13.4 Å². The second kappa shape index (κ2) is 5.65. The van der Waals surface area contributed by atoms with Crippen LogP contribution in [-0.2, 0) is 9.84 Å². The first-order valence-electron chi connectivity index (χ1n) is 7.25. The predicted octanol–water partition coefficient (Wildman–Crippen LogP) is 1.40. The Morgan fingerprint density at radius 1 is 1.29 bits per heavy atom. The molecule has 7 heteroatoms. The lowest BCUT2D eigenvalue weighted by atomic mass is 10.3. The third-order valence-corrected chi connectivity index (χ3v) is 5.47. The number of nitrogen functional groups attached to an aromatic ring is 1. The maximum absolute atomic E-state index is 12.3. The number of fused-ring (bicyclic) bond motifs is 1. The van der Waals surface area contributed by atoms with Gasteiger partial charge in [0.25, 0.3) is 0 Å². The Bertz CT molecular complexity index is 733. The molecule has 1 aromatic heterocycles. The summed E-state index contributed by atoms with van der Waals surface area (Å²) in [7, 11) is -3.36. The summed E-state index contributed by atoms with van der Waals surface area (Å²) in [6.45, 7) is 3.01. The largest absolute Gasteiger partial charge is 0.399 e. The minimum absolute atomic E-state index is 0.0459. The fourth-order valence-corrected chi connectivity index (χ4v) is 3.94.